The van der Waals surface area contributed by atoms with E-state index < -0.39 is 0 Å². The van der Waals surface area contributed by atoms with Crippen molar-refractivity contribution >= 4 is 0 Å². The first-order valence-corrected chi connectivity index (χ1v) is 7.35. The van der Waals surface area contributed by atoms with Crippen LogP contribution in [0.25, 0.3) is 0 Å². The summed E-state index contributed by atoms with van der Waals surface area (Å²) in [6, 6.07) is 0. The molecule has 0 aromatic carbocycles. The molecule has 0 aliphatic carbocycles. The summed E-state index contributed by atoms with van der Waals surface area (Å²) in [6.45, 7) is 5.25. The van der Waals surface area contributed by atoms with Crippen LogP contribution in [0.3, 0.4) is 0 Å². The fourth-order valence-electron chi connectivity index (χ4n) is 2.84. The smallest absolute Gasteiger partial charge is 0.234 e. The highest BCUT2D eigenvalue weighted by atomic mass is 16.5. The summed E-state index contributed by atoms with van der Waals surface area (Å²) in [5.41, 5.74) is 0.0658. The van der Waals surface area contributed by atoms with Gasteiger partial charge in [0.25, 0.3) is 0 Å². The molecule has 1 N–H and O–H groups in total. The van der Waals surface area contributed by atoms with Crippen molar-refractivity contribution in [1.82, 2.24) is 20.4 Å². The Hall–Kier alpha value is -0.940. The van der Waals surface area contributed by atoms with E-state index in [4.69, 9.17) is 4.52 Å². The molecule has 108 valence electrons. The molecule has 5 nitrogen and oxygen atoms in total. The van der Waals surface area contributed by atoms with Gasteiger partial charge in [-0.3, -0.25) is 0 Å². The maximum absolute atomic E-state index is 5.57. The largest absolute Gasteiger partial charge is 0.339 e. The average molecular weight is 266 g/mol. The number of nitrogens with zero attached hydrogens (tertiary/aromatic N) is 3. The fourth-order valence-corrected chi connectivity index (χ4v) is 2.84. The second-order valence-corrected chi connectivity index (χ2v) is 5.88. The first-order chi connectivity index (χ1) is 9.16. The highest BCUT2D eigenvalue weighted by Gasteiger charge is 2.38. The molecule has 1 aromatic heterocycles. The van der Waals surface area contributed by atoms with Crippen LogP contribution in [-0.2, 0) is 11.8 Å². The minimum Gasteiger partial charge on any atom is -0.339 e. The maximum atomic E-state index is 5.57. The maximum Gasteiger partial charge on any atom is 0.234 e. The molecule has 2 heterocycles. The second-order valence-electron chi connectivity index (χ2n) is 5.88. The highest BCUT2D eigenvalue weighted by molar-refractivity contribution is 5.08. The average Bonchev–Trinajstić information content (AvgIpc) is 2.87. The molecule has 19 heavy (non-hydrogen) atoms. The third-order valence-electron chi connectivity index (χ3n) is 3.91. The molecule has 1 aromatic rings. The molecule has 1 aliphatic rings. The molecule has 1 saturated heterocycles. The molecule has 2 rings (SSSR count). The molecule has 1 aliphatic heterocycles. The summed E-state index contributed by atoms with van der Waals surface area (Å²) >= 11 is 0. The Bertz CT molecular complexity index is 377. The van der Waals surface area contributed by atoms with Gasteiger partial charge in [-0.05, 0) is 39.9 Å². The van der Waals surface area contributed by atoms with Crippen LogP contribution < -0.4 is 5.32 Å². The van der Waals surface area contributed by atoms with Gasteiger partial charge in [0.05, 0.1) is 5.41 Å². The van der Waals surface area contributed by atoms with Crippen LogP contribution in [0, 0.1) is 0 Å². The number of piperidine rings is 1. The molecule has 1 unspecified atom stereocenters. The molecule has 0 radical (unpaired) electrons. The number of nitrogens with one attached hydrogen (secondary N) is 1. The summed E-state index contributed by atoms with van der Waals surface area (Å²) in [6.07, 6.45) is 5.47. The lowest BCUT2D eigenvalue weighted by Gasteiger charge is -2.34. The first kappa shape index (κ1) is 14.5. The van der Waals surface area contributed by atoms with Gasteiger partial charge in [-0.25, -0.2) is 0 Å². The van der Waals surface area contributed by atoms with Gasteiger partial charge in [-0.15, -0.1) is 0 Å². The van der Waals surface area contributed by atoms with Crippen LogP contribution in [-0.4, -0.2) is 48.8 Å². The predicted octanol–water partition coefficient (Wildman–Crippen LogP) is 1.59. The van der Waals surface area contributed by atoms with E-state index in [-0.39, 0.29) is 5.41 Å². The van der Waals surface area contributed by atoms with E-state index in [0.29, 0.717) is 0 Å². The number of hydrogen-bond acceptors (Lipinski definition) is 5. The van der Waals surface area contributed by atoms with Crippen LogP contribution in [0.1, 0.15) is 44.3 Å². The molecule has 0 bridgehead atoms. The van der Waals surface area contributed by atoms with Crippen molar-refractivity contribution < 1.29 is 4.52 Å². The van der Waals surface area contributed by atoms with E-state index >= 15 is 0 Å². The van der Waals surface area contributed by atoms with Crippen molar-refractivity contribution in [2.75, 3.05) is 33.7 Å². The standard InChI is InChI=1S/C14H26N4O/c1-4-7-14(8-5-9-15-11-14)13-16-12(17-19-13)6-10-18(2)3/h15H,4-11H2,1-3H3. The van der Waals surface area contributed by atoms with Crippen molar-refractivity contribution in [1.29, 1.82) is 0 Å². The van der Waals surface area contributed by atoms with E-state index in [1.165, 1.54) is 6.42 Å². The summed E-state index contributed by atoms with van der Waals surface area (Å²) in [5.74, 6) is 1.68. The molecule has 1 atom stereocenters. The van der Waals surface area contributed by atoms with Crippen LogP contribution in [0.2, 0.25) is 0 Å². The Labute approximate surface area is 115 Å². The number of likely N-dealkylation sites (N-methyl/N-ethyl adjacent to an activating group) is 1. The Morgan fingerprint density at radius 1 is 1.42 bits per heavy atom. The lowest BCUT2D eigenvalue weighted by atomic mass is 9.77. The van der Waals surface area contributed by atoms with Crippen LogP contribution in [0.15, 0.2) is 4.52 Å². The molecule has 1 fully saturated rings. The minimum absolute atomic E-state index is 0.0658. The molecular formula is C14H26N4O. The summed E-state index contributed by atoms with van der Waals surface area (Å²) in [7, 11) is 4.12. The zero-order chi connectivity index (χ0) is 13.7. The van der Waals surface area contributed by atoms with E-state index in [9.17, 15) is 0 Å². The van der Waals surface area contributed by atoms with E-state index in [2.05, 4.69) is 41.4 Å². The first-order valence-electron chi connectivity index (χ1n) is 7.35. The topological polar surface area (TPSA) is 54.2 Å². The number of hydrogen-bond donors (Lipinski definition) is 1. The summed E-state index contributed by atoms with van der Waals surface area (Å²) in [4.78, 5) is 6.79. The quantitative estimate of drug-likeness (QED) is 0.847. The van der Waals surface area contributed by atoms with Crippen LogP contribution >= 0.6 is 0 Å². The van der Waals surface area contributed by atoms with Crippen molar-refractivity contribution in [2.24, 2.45) is 0 Å². The van der Waals surface area contributed by atoms with Gasteiger partial charge in [-0.2, -0.15) is 4.98 Å². The molecule has 5 heteroatoms. The summed E-state index contributed by atoms with van der Waals surface area (Å²) < 4.78 is 5.57. The Balaban J connectivity index is 2.09. The van der Waals surface area contributed by atoms with E-state index in [1.807, 2.05) is 0 Å². The van der Waals surface area contributed by atoms with Gasteiger partial charge in [0.1, 0.15) is 0 Å². The van der Waals surface area contributed by atoms with Crippen molar-refractivity contribution in [3.05, 3.63) is 11.7 Å². The molecule has 0 saturated carbocycles. The van der Waals surface area contributed by atoms with Gasteiger partial charge >= 0.3 is 0 Å². The zero-order valence-corrected chi connectivity index (χ0v) is 12.4. The minimum atomic E-state index is 0.0658. The van der Waals surface area contributed by atoms with Gasteiger partial charge in [0.2, 0.25) is 5.89 Å². The third-order valence-corrected chi connectivity index (χ3v) is 3.91. The highest BCUT2D eigenvalue weighted by Crippen LogP contribution is 2.34. The lowest BCUT2D eigenvalue weighted by Crippen LogP contribution is -2.43. The van der Waals surface area contributed by atoms with Gasteiger partial charge in [0.15, 0.2) is 5.82 Å². The van der Waals surface area contributed by atoms with E-state index in [0.717, 1.165) is 57.0 Å². The monoisotopic (exact) mass is 266 g/mol. The third kappa shape index (κ3) is 3.54. The van der Waals surface area contributed by atoms with Crippen LogP contribution in [0.5, 0.6) is 0 Å². The Morgan fingerprint density at radius 3 is 2.89 bits per heavy atom. The molecular weight excluding hydrogens is 240 g/mol. The number of rotatable bonds is 6. The van der Waals surface area contributed by atoms with E-state index in [1.54, 1.807) is 0 Å². The number of aromatic nitrogens is 2. The Morgan fingerprint density at radius 2 is 2.26 bits per heavy atom. The Kier molecular flexibility index (Phi) is 4.93. The molecule has 0 amide bonds. The van der Waals surface area contributed by atoms with Gasteiger partial charge < -0.3 is 14.7 Å². The lowest BCUT2D eigenvalue weighted by molar-refractivity contribution is 0.213. The summed E-state index contributed by atoms with van der Waals surface area (Å²) in [5, 5.41) is 7.63. The molecule has 0 spiro atoms. The van der Waals surface area contributed by atoms with Crippen molar-refractivity contribution in [2.45, 2.75) is 44.4 Å². The zero-order valence-electron chi connectivity index (χ0n) is 12.4. The SMILES string of the molecule is CCCC1(c2nc(CCN(C)C)no2)CCCNC1. The second kappa shape index (κ2) is 6.48. The predicted molar refractivity (Wildman–Crippen MR) is 75.2 cm³/mol. The van der Waals surface area contributed by atoms with Crippen molar-refractivity contribution in [3.63, 3.8) is 0 Å². The fraction of sp³-hybridized carbons (Fsp3) is 0.857. The van der Waals surface area contributed by atoms with Gasteiger partial charge in [-0.1, -0.05) is 18.5 Å². The van der Waals surface area contributed by atoms with Crippen LogP contribution in [0.4, 0.5) is 0 Å². The normalized spacial score (nSPS) is 24.0. The van der Waals surface area contributed by atoms with Crippen molar-refractivity contribution in [3.8, 4) is 0 Å². The van der Waals surface area contributed by atoms with Gasteiger partial charge in [0, 0.05) is 19.5 Å².